The number of fused-ring (bicyclic) bond motifs is 1. The Hall–Kier alpha value is -2.27. The Bertz CT molecular complexity index is 2160. The molecule has 1 fully saturated rings. The summed E-state index contributed by atoms with van der Waals surface area (Å²) in [4.78, 5) is 0. The van der Waals surface area contributed by atoms with Crippen LogP contribution >= 0.6 is 16.1 Å². The summed E-state index contributed by atoms with van der Waals surface area (Å²) >= 11 is 0. The molecule has 7 heteroatoms. The Labute approximate surface area is 467 Å². The number of unbranched alkanes of at least 4 members (excludes halogenated alkanes) is 9. The van der Waals surface area contributed by atoms with Crippen LogP contribution in [0.3, 0.4) is 0 Å². The predicted octanol–water partition coefficient (Wildman–Crippen LogP) is 20.5. The first-order chi connectivity index (χ1) is 36.8. The molecule has 0 spiro atoms. The molecule has 414 valence electrons. The van der Waals surface area contributed by atoms with Crippen LogP contribution < -0.4 is 35.9 Å². The molecule has 0 saturated heterocycles. The molecule has 0 bridgehead atoms. The van der Waals surface area contributed by atoms with Gasteiger partial charge >= 0.3 is 0 Å². The Balaban J connectivity index is 1.64. The SMILES string of the molecule is CCCC[Si](CCCC)(CCCC)c1ccc(P(c2ccc([Si](CCCC)(CCCC)CCCC)cc2)N(c2cccc3ccoc23)P(c2ccc([Si](CCCC)(CCCC)CCCC)cc2)C2CCCCC2)cc1. The summed E-state index contributed by atoms with van der Waals surface area (Å²) in [6.45, 7) is 21.8. The standard InChI is InChI=1S/C68H109NOP2Si3/c1-10-19-50-73(51-20-11-2,52-21-12-3)64-42-36-61(37-43-64)71(60-33-29-28-30-34-60)69(67-35-31-32-59-48-49-70-68(59)67)72(62-38-44-65(45-39-62)74(53-22-13-4,54-23-14-5)55-24-15-6)63-40-46-66(47-41-63)75(56-25-16-7,57-26-17-8)58-27-18-9/h31-32,35-49,60H,10-30,33-34,50-58H2,1-9H3. The Kier molecular flexibility index (Phi) is 27.0. The van der Waals surface area contributed by atoms with Crippen LogP contribution in [0.4, 0.5) is 5.69 Å². The van der Waals surface area contributed by atoms with Gasteiger partial charge in [0.1, 0.15) is 0 Å². The van der Waals surface area contributed by atoms with E-state index in [0.717, 1.165) is 5.58 Å². The first-order valence-corrected chi connectivity index (χ1v) is 42.5. The van der Waals surface area contributed by atoms with E-state index in [9.17, 15) is 0 Å². The maximum absolute atomic E-state index is 6.75. The molecule has 1 aliphatic rings. The molecule has 0 amide bonds. The highest BCUT2D eigenvalue weighted by Crippen LogP contribution is 2.63. The van der Waals surface area contributed by atoms with Gasteiger partial charge in [0.05, 0.1) is 44.2 Å². The van der Waals surface area contributed by atoms with Crippen molar-refractivity contribution in [1.29, 1.82) is 0 Å². The van der Waals surface area contributed by atoms with Gasteiger partial charge in [0.2, 0.25) is 0 Å². The summed E-state index contributed by atoms with van der Waals surface area (Å²) in [6, 6.07) is 54.7. The highest BCUT2D eigenvalue weighted by atomic mass is 31.2. The van der Waals surface area contributed by atoms with Gasteiger partial charge < -0.3 is 8.86 Å². The molecule has 1 aromatic heterocycles. The Morgan fingerprint density at radius 3 is 1.07 bits per heavy atom. The van der Waals surface area contributed by atoms with Crippen LogP contribution in [0.2, 0.25) is 54.4 Å². The van der Waals surface area contributed by atoms with Gasteiger partial charge in [0.25, 0.3) is 0 Å². The topological polar surface area (TPSA) is 16.4 Å². The average molecular weight is 1100 g/mol. The summed E-state index contributed by atoms with van der Waals surface area (Å²) in [7, 11) is -6.92. The molecule has 2 nitrogen and oxygen atoms in total. The first-order valence-electron chi connectivity index (χ1n) is 31.9. The third-order valence-corrected chi connectivity index (χ3v) is 40.7. The van der Waals surface area contributed by atoms with Gasteiger partial charge in [0, 0.05) is 29.7 Å². The van der Waals surface area contributed by atoms with Gasteiger partial charge in [-0.05, 0) is 30.3 Å². The molecule has 1 saturated carbocycles. The number of para-hydroxylation sites is 1. The average Bonchev–Trinajstić information content (AvgIpc) is 3.95. The molecular weight excluding hydrogens is 993 g/mol. The number of hydrogen-bond donors (Lipinski definition) is 0. The molecule has 1 aliphatic carbocycles. The number of benzene rings is 4. The molecule has 1 unspecified atom stereocenters. The summed E-state index contributed by atoms with van der Waals surface area (Å²) in [5.74, 6) is 0. The molecule has 0 aliphatic heterocycles. The van der Waals surface area contributed by atoms with Gasteiger partial charge in [-0.1, -0.05) is 352 Å². The lowest BCUT2D eigenvalue weighted by Gasteiger charge is -2.45. The van der Waals surface area contributed by atoms with Crippen LogP contribution in [0.5, 0.6) is 0 Å². The molecule has 4 aromatic carbocycles. The van der Waals surface area contributed by atoms with Crippen molar-refractivity contribution < 1.29 is 4.42 Å². The van der Waals surface area contributed by atoms with E-state index in [-0.39, 0.29) is 0 Å². The van der Waals surface area contributed by atoms with Crippen LogP contribution in [0.1, 0.15) is 210 Å². The van der Waals surface area contributed by atoms with Crippen molar-refractivity contribution in [3.8, 4) is 0 Å². The Morgan fingerprint density at radius 2 is 0.733 bits per heavy atom. The lowest BCUT2D eigenvalue weighted by Crippen LogP contribution is -2.48. The number of furan rings is 1. The second-order valence-corrected chi connectivity index (χ2v) is 42.4. The fourth-order valence-electron chi connectivity index (χ4n) is 13.6. The van der Waals surface area contributed by atoms with Crippen molar-refractivity contribution >= 4 is 88.5 Å². The third-order valence-electron chi connectivity index (χ3n) is 18.3. The molecule has 0 radical (unpaired) electrons. The van der Waals surface area contributed by atoms with E-state index in [0.29, 0.717) is 5.66 Å². The summed E-state index contributed by atoms with van der Waals surface area (Å²) in [5.41, 5.74) is 2.99. The fourth-order valence-corrected chi connectivity index (χ4v) is 37.1. The van der Waals surface area contributed by atoms with Crippen LogP contribution in [0.15, 0.2) is 108 Å². The second-order valence-electron chi connectivity index (χ2n) is 23.8. The lowest BCUT2D eigenvalue weighted by atomic mass is 10.0. The smallest absolute Gasteiger partial charge is 0.157 e. The van der Waals surface area contributed by atoms with Gasteiger partial charge in [-0.2, -0.15) is 0 Å². The summed E-state index contributed by atoms with van der Waals surface area (Å²) in [6.07, 6.45) is 32.6. The molecule has 75 heavy (non-hydrogen) atoms. The monoisotopic (exact) mass is 1100 g/mol. The number of rotatable bonds is 37. The van der Waals surface area contributed by atoms with Crippen molar-refractivity contribution in [3.63, 3.8) is 0 Å². The second kappa shape index (κ2) is 32.7. The highest BCUT2D eigenvalue weighted by molar-refractivity contribution is 7.88. The van der Waals surface area contributed by atoms with Crippen LogP contribution in [-0.4, -0.2) is 29.9 Å². The minimum Gasteiger partial charge on any atom is -0.462 e. The quantitative estimate of drug-likeness (QED) is 0.0291. The zero-order chi connectivity index (χ0) is 53.4. The zero-order valence-electron chi connectivity index (χ0n) is 49.8. The largest absolute Gasteiger partial charge is 0.462 e. The predicted molar refractivity (Wildman–Crippen MR) is 351 cm³/mol. The van der Waals surface area contributed by atoms with Crippen molar-refractivity contribution in [1.82, 2.24) is 0 Å². The number of anilines is 1. The molecule has 6 rings (SSSR count). The molecule has 5 aromatic rings. The van der Waals surface area contributed by atoms with Crippen molar-refractivity contribution in [2.24, 2.45) is 0 Å². The highest BCUT2D eigenvalue weighted by Gasteiger charge is 2.41. The van der Waals surface area contributed by atoms with E-state index in [4.69, 9.17) is 4.42 Å². The van der Waals surface area contributed by atoms with E-state index in [1.807, 2.05) is 6.26 Å². The Morgan fingerprint density at radius 1 is 0.400 bits per heavy atom. The van der Waals surface area contributed by atoms with E-state index < -0.39 is 40.4 Å². The van der Waals surface area contributed by atoms with Gasteiger partial charge in [-0.3, -0.25) is 0 Å². The minimum atomic E-state index is -1.71. The van der Waals surface area contributed by atoms with E-state index >= 15 is 0 Å². The number of hydrogen-bond acceptors (Lipinski definition) is 2. The van der Waals surface area contributed by atoms with Crippen LogP contribution in [0.25, 0.3) is 11.0 Å². The van der Waals surface area contributed by atoms with Gasteiger partial charge in [-0.15, -0.1) is 0 Å². The van der Waals surface area contributed by atoms with Crippen molar-refractivity contribution in [2.75, 3.05) is 4.44 Å². The van der Waals surface area contributed by atoms with Crippen molar-refractivity contribution in [3.05, 3.63) is 103 Å². The maximum Gasteiger partial charge on any atom is 0.157 e. The molecule has 1 atom stereocenters. The maximum atomic E-state index is 6.75. The van der Waals surface area contributed by atoms with E-state index in [1.165, 1.54) is 224 Å². The number of nitrogens with zero attached hydrogens (tertiary/aromatic N) is 1. The fraction of sp³-hybridized carbons (Fsp3) is 0.618. The summed E-state index contributed by atoms with van der Waals surface area (Å²) < 4.78 is 9.84. The summed E-state index contributed by atoms with van der Waals surface area (Å²) in [5, 5.41) is 11.1. The first kappa shape index (κ1) is 61.9. The molecule has 0 N–H and O–H groups in total. The van der Waals surface area contributed by atoms with Gasteiger partial charge in [0.15, 0.2) is 5.58 Å². The zero-order valence-corrected chi connectivity index (χ0v) is 54.6. The third kappa shape index (κ3) is 16.2. The molecular formula is C68H109NOP2Si3. The van der Waals surface area contributed by atoms with Gasteiger partial charge in [-0.25, -0.2) is 0 Å². The van der Waals surface area contributed by atoms with Crippen LogP contribution in [-0.2, 0) is 0 Å². The lowest BCUT2D eigenvalue weighted by molar-refractivity contribution is 0.512. The molecule has 1 heterocycles. The minimum absolute atomic E-state index is 0.616. The van der Waals surface area contributed by atoms with Crippen molar-refractivity contribution in [2.45, 2.75) is 270 Å². The van der Waals surface area contributed by atoms with Crippen LogP contribution in [0, 0.1) is 0 Å². The normalized spacial score (nSPS) is 14.3. The van der Waals surface area contributed by atoms with E-state index in [1.54, 1.807) is 20.9 Å². The van der Waals surface area contributed by atoms with E-state index in [2.05, 4.69) is 164 Å².